The molecule has 2 atom stereocenters. The largest absolute Gasteiger partial charge is 0.356 e. The van der Waals surface area contributed by atoms with E-state index in [-0.39, 0.29) is 0 Å². The van der Waals surface area contributed by atoms with E-state index in [9.17, 15) is 4.79 Å². The second-order valence-electron chi connectivity index (χ2n) is 8.39. The van der Waals surface area contributed by atoms with Crippen LogP contribution in [-0.4, -0.2) is 19.0 Å². The van der Waals surface area contributed by atoms with E-state index in [0.29, 0.717) is 35.5 Å². The number of carbonyl (C=O) groups is 1. The molecule has 118 valence electrons. The third-order valence-electron chi connectivity index (χ3n) is 7.19. The van der Waals surface area contributed by atoms with E-state index in [4.69, 9.17) is 5.73 Å². The molecule has 0 aromatic heterocycles. The van der Waals surface area contributed by atoms with E-state index in [0.717, 1.165) is 24.9 Å². The average Bonchev–Trinajstić information content (AvgIpc) is 2.91. The minimum atomic E-state index is 0.343. The Hall–Kier alpha value is -0.570. The molecule has 0 aromatic rings. The highest BCUT2D eigenvalue weighted by atomic mass is 16.1. The first-order chi connectivity index (χ1) is 10.2. The second-order valence-corrected chi connectivity index (χ2v) is 8.39. The fourth-order valence-corrected chi connectivity index (χ4v) is 6.40. The third-order valence-corrected chi connectivity index (χ3v) is 7.19. The molecule has 0 aromatic carbocycles. The molecule has 1 amide bonds. The molecular formula is C18H30N2O. The minimum Gasteiger partial charge on any atom is -0.356 e. The highest BCUT2D eigenvalue weighted by Gasteiger charge is 2.50. The molecular weight excluding hydrogens is 260 g/mol. The molecule has 2 unspecified atom stereocenters. The number of amides is 1. The second kappa shape index (κ2) is 5.57. The Balaban J connectivity index is 1.35. The summed E-state index contributed by atoms with van der Waals surface area (Å²) < 4.78 is 0. The first kappa shape index (κ1) is 14.0. The zero-order valence-electron chi connectivity index (χ0n) is 13.1. The van der Waals surface area contributed by atoms with Crippen molar-refractivity contribution in [1.82, 2.24) is 5.32 Å². The maximum absolute atomic E-state index is 12.7. The summed E-state index contributed by atoms with van der Waals surface area (Å²) in [7, 11) is 0. The summed E-state index contributed by atoms with van der Waals surface area (Å²) in [5.41, 5.74) is 5.86. The van der Waals surface area contributed by atoms with Gasteiger partial charge < -0.3 is 11.1 Å². The molecule has 5 aliphatic rings. The van der Waals surface area contributed by atoms with Crippen molar-refractivity contribution in [2.24, 2.45) is 47.2 Å². The van der Waals surface area contributed by atoms with Crippen molar-refractivity contribution < 1.29 is 4.79 Å². The smallest absolute Gasteiger partial charge is 0.223 e. The van der Waals surface area contributed by atoms with E-state index in [2.05, 4.69) is 5.32 Å². The lowest BCUT2D eigenvalue weighted by molar-refractivity contribution is -0.138. The first-order valence-electron chi connectivity index (χ1n) is 9.22. The summed E-state index contributed by atoms with van der Waals surface area (Å²) in [6.07, 6.45) is 10.6. The van der Waals surface area contributed by atoms with Crippen molar-refractivity contribution in [3.63, 3.8) is 0 Å². The molecule has 5 rings (SSSR count). The molecule has 3 nitrogen and oxygen atoms in total. The van der Waals surface area contributed by atoms with Gasteiger partial charge >= 0.3 is 0 Å². The van der Waals surface area contributed by atoms with Crippen LogP contribution in [0.25, 0.3) is 0 Å². The Morgan fingerprint density at radius 3 is 2.19 bits per heavy atom. The van der Waals surface area contributed by atoms with Crippen LogP contribution in [0.3, 0.4) is 0 Å². The van der Waals surface area contributed by atoms with E-state index in [1.165, 1.54) is 51.4 Å². The summed E-state index contributed by atoms with van der Waals surface area (Å²) in [5, 5.41) is 3.32. The molecule has 0 heterocycles. The summed E-state index contributed by atoms with van der Waals surface area (Å²) >= 11 is 0. The highest BCUT2D eigenvalue weighted by molar-refractivity contribution is 5.79. The molecule has 5 aliphatic carbocycles. The maximum atomic E-state index is 12.7. The first-order valence-corrected chi connectivity index (χ1v) is 9.22. The SMILES string of the molecule is NCC1CCCC1CNC(=O)C1C2CC3CC(C2)CC1C3. The number of hydrogen-bond donors (Lipinski definition) is 2. The van der Waals surface area contributed by atoms with Gasteiger partial charge in [0.05, 0.1) is 0 Å². The molecule has 0 aliphatic heterocycles. The van der Waals surface area contributed by atoms with Crippen molar-refractivity contribution >= 4 is 5.91 Å². The van der Waals surface area contributed by atoms with Gasteiger partial charge in [-0.25, -0.2) is 0 Å². The van der Waals surface area contributed by atoms with Gasteiger partial charge in [0.2, 0.25) is 5.91 Å². The minimum absolute atomic E-state index is 0.343. The van der Waals surface area contributed by atoms with Gasteiger partial charge in [0, 0.05) is 12.5 Å². The van der Waals surface area contributed by atoms with E-state index in [1.54, 1.807) is 0 Å². The molecule has 0 saturated heterocycles. The highest BCUT2D eigenvalue weighted by Crippen LogP contribution is 2.56. The molecule has 0 radical (unpaired) electrons. The van der Waals surface area contributed by atoms with Gasteiger partial charge in [-0.3, -0.25) is 4.79 Å². The molecule has 21 heavy (non-hydrogen) atoms. The lowest BCUT2D eigenvalue weighted by atomic mass is 9.51. The lowest BCUT2D eigenvalue weighted by Gasteiger charge is -2.53. The quantitative estimate of drug-likeness (QED) is 0.836. The van der Waals surface area contributed by atoms with Crippen molar-refractivity contribution in [3.05, 3.63) is 0 Å². The normalized spacial score (nSPS) is 47.8. The van der Waals surface area contributed by atoms with Gasteiger partial charge in [-0.2, -0.15) is 0 Å². The van der Waals surface area contributed by atoms with E-state index < -0.39 is 0 Å². The Morgan fingerprint density at radius 2 is 1.57 bits per heavy atom. The Kier molecular flexibility index (Phi) is 3.72. The molecule has 5 fully saturated rings. The fraction of sp³-hybridized carbons (Fsp3) is 0.944. The number of nitrogens with two attached hydrogens (primary N) is 1. The van der Waals surface area contributed by atoms with Gasteiger partial charge in [-0.15, -0.1) is 0 Å². The zero-order valence-corrected chi connectivity index (χ0v) is 13.1. The summed E-state index contributed by atoms with van der Waals surface area (Å²) in [6.45, 7) is 1.67. The van der Waals surface area contributed by atoms with Crippen LogP contribution in [0.2, 0.25) is 0 Å². The van der Waals surface area contributed by atoms with Crippen LogP contribution in [0.4, 0.5) is 0 Å². The number of rotatable bonds is 4. The Bertz CT molecular complexity index is 380. The maximum Gasteiger partial charge on any atom is 0.223 e. The van der Waals surface area contributed by atoms with Crippen LogP contribution >= 0.6 is 0 Å². The van der Waals surface area contributed by atoms with Gasteiger partial charge in [-0.05, 0) is 87.0 Å². The van der Waals surface area contributed by atoms with E-state index in [1.807, 2.05) is 0 Å². The Labute approximate surface area is 128 Å². The van der Waals surface area contributed by atoms with Crippen molar-refractivity contribution in [1.29, 1.82) is 0 Å². The zero-order chi connectivity index (χ0) is 14.4. The predicted octanol–water partition coefficient (Wildman–Crippen LogP) is 2.55. The van der Waals surface area contributed by atoms with Gasteiger partial charge in [0.25, 0.3) is 0 Å². The molecule has 3 heteroatoms. The topological polar surface area (TPSA) is 55.1 Å². The van der Waals surface area contributed by atoms with Crippen molar-refractivity contribution in [2.75, 3.05) is 13.1 Å². The van der Waals surface area contributed by atoms with Crippen LogP contribution in [0.15, 0.2) is 0 Å². The van der Waals surface area contributed by atoms with Gasteiger partial charge in [0.1, 0.15) is 0 Å². The molecule has 3 N–H and O–H groups in total. The molecule has 5 saturated carbocycles. The monoisotopic (exact) mass is 290 g/mol. The average molecular weight is 290 g/mol. The number of nitrogens with one attached hydrogen (secondary N) is 1. The summed E-state index contributed by atoms with van der Waals surface area (Å²) in [6, 6.07) is 0. The van der Waals surface area contributed by atoms with Crippen LogP contribution in [-0.2, 0) is 4.79 Å². The van der Waals surface area contributed by atoms with Crippen molar-refractivity contribution in [2.45, 2.75) is 51.4 Å². The summed E-state index contributed by atoms with van der Waals surface area (Å²) in [5.74, 6) is 5.31. The summed E-state index contributed by atoms with van der Waals surface area (Å²) in [4.78, 5) is 12.7. The molecule has 0 spiro atoms. The van der Waals surface area contributed by atoms with Crippen LogP contribution < -0.4 is 11.1 Å². The third kappa shape index (κ3) is 2.52. The Morgan fingerprint density at radius 1 is 0.952 bits per heavy atom. The van der Waals surface area contributed by atoms with Gasteiger partial charge in [-0.1, -0.05) is 6.42 Å². The van der Waals surface area contributed by atoms with Gasteiger partial charge in [0.15, 0.2) is 0 Å². The number of carbonyl (C=O) groups excluding carboxylic acids is 1. The van der Waals surface area contributed by atoms with Crippen molar-refractivity contribution in [3.8, 4) is 0 Å². The number of hydrogen-bond acceptors (Lipinski definition) is 2. The lowest BCUT2D eigenvalue weighted by Crippen LogP contribution is -2.51. The van der Waals surface area contributed by atoms with E-state index >= 15 is 0 Å². The molecule has 4 bridgehead atoms. The predicted molar refractivity (Wildman–Crippen MR) is 83.4 cm³/mol. The van der Waals surface area contributed by atoms with Crippen LogP contribution in [0.1, 0.15) is 51.4 Å². The standard InChI is InChI=1S/C18H30N2O/c19-9-13-2-1-3-14(13)10-20-18(21)17-15-5-11-4-12(7-15)8-16(17)6-11/h11-17H,1-10,19H2,(H,20,21). The van der Waals surface area contributed by atoms with Crippen LogP contribution in [0.5, 0.6) is 0 Å². The van der Waals surface area contributed by atoms with Crippen LogP contribution in [0, 0.1) is 41.4 Å². The fourth-order valence-electron chi connectivity index (χ4n) is 6.40.